The Bertz CT molecular complexity index is 729. The fourth-order valence-corrected chi connectivity index (χ4v) is 2.20. The monoisotopic (exact) mass is 370 g/mol. The van der Waals surface area contributed by atoms with Crippen molar-refractivity contribution in [3.63, 3.8) is 0 Å². The number of para-hydroxylation sites is 2. The smallest absolute Gasteiger partial charge is 0.311 e. The highest BCUT2D eigenvalue weighted by molar-refractivity contribution is 6.32. The minimum atomic E-state index is -0.728. The van der Waals surface area contributed by atoms with E-state index in [4.69, 9.17) is 32.7 Å². The van der Waals surface area contributed by atoms with Gasteiger partial charge in [-0.15, -0.1) is 0 Å². The van der Waals surface area contributed by atoms with E-state index in [0.717, 1.165) is 6.07 Å². The summed E-state index contributed by atoms with van der Waals surface area (Å²) in [6.45, 7) is 0. The zero-order valence-corrected chi connectivity index (χ0v) is 13.9. The Kier molecular flexibility index (Phi) is 6.58. The second kappa shape index (κ2) is 8.66. The lowest BCUT2D eigenvalue weighted by molar-refractivity contribution is -0.136. The third kappa shape index (κ3) is 5.22. The number of ether oxygens (including phenoxy) is 2. The van der Waals surface area contributed by atoms with Gasteiger partial charge in [0.15, 0.2) is 11.6 Å². The minimum Gasteiger partial charge on any atom is -0.425 e. The fourth-order valence-electron chi connectivity index (χ4n) is 1.82. The number of esters is 2. The first kappa shape index (κ1) is 18.2. The maximum atomic E-state index is 13.5. The molecule has 24 heavy (non-hydrogen) atoms. The van der Waals surface area contributed by atoms with Crippen molar-refractivity contribution in [1.29, 1.82) is 0 Å². The highest BCUT2D eigenvalue weighted by Crippen LogP contribution is 2.28. The Morgan fingerprint density at radius 3 is 2.17 bits per heavy atom. The predicted molar refractivity (Wildman–Crippen MR) is 88.0 cm³/mol. The lowest BCUT2D eigenvalue weighted by Gasteiger charge is -2.07. The molecule has 0 aliphatic carbocycles. The molecule has 0 aliphatic heterocycles. The molecule has 0 aromatic heterocycles. The number of carbonyl (C=O) groups is 2. The Hall–Kier alpha value is -2.11. The molecule has 0 heterocycles. The molecule has 0 radical (unpaired) electrons. The number of benzene rings is 2. The molecule has 2 aromatic rings. The molecule has 0 amide bonds. The van der Waals surface area contributed by atoms with Gasteiger partial charge in [-0.2, -0.15) is 0 Å². The Balaban J connectivity index is 1.78. The maximum absolute atomic E-state index is 13.5. The van der Waals surface area contributed by atoms with E-state index in [1.54, 1.807) is 24.3 Å². The summed E-state index contributed by atoms with van der Waals surface area (Å²) >= 11 is 11.6. The number of rotatable bonds is 6. The molecular weight excluding hydrogens is 358 g/mol. The van der Waals surface area contributed by atoms with Crippen molar-refractivity contribution in [3.8, 4) is 11.5 Å². The van der Waals surface area contributed by atoms with Crippen LogP contribution in [0.5, 0.6) is 11.5 Å². The molecule has 126 valence electrons. The zero-order chi connectivity index (χ0) is 17.5. The van der Waals surface area contributed by atoms with E-state index in [0.29, 0.717) is 5.02 Å². The molecule has 2 rings (SSSR count). The highest BCUT2D eigenvalue weighted by atomic mass is 35.5. The summed E-state index contributed by atoms with van der Waals surface area (Å²) in [5, 5.41) is 0.320. The Morgan fingerprint density at radius 2 is 1.50 bits per heavy atom. The van der Waals surface area contributed by atoms with E-state index in [1.165, 1.54) is 12.1 Å². The minimum absolute atomic E-state index is 0.00137. The molecule has 0 unspecified atom stereocenters. The molecule has 0 aliphatic rings. The lowest BCUT2D eigenvalue weighted by atomic mass is 10.2. The van der Waals surface area contributed by atoms with Crippen molar-refractivity contribution >= 4 is 35.1 Å². The average molecular weight is 371 g/mol. The van der Waals surface area contributed by atoms with Gasteiger partial charge in [0.2, 0.25) is 0 Å². The van der Waals surface area contributed by atoms with Crippen LogP contribution < -0.4 is 9.47 Å². The van der Waals surface area contributed by atoms with Gasteiger partial charge >= 0.3 is 11.9 Å². The van der Waals surface area contributed by atoms with E-state index in [-0.39, 0.29) is 35.8 Å². The van der Waals surface area contributed by atoms with Crippen molar-refractivity contribution in [2.75, 3.05) is 0 Å². The first-order chi connectivity index (χ1) is 11.5. The van der Waals surface area contributed by atoms with Crippen molar-refractivity contribution < 1.29 is 23.5 Å². The largest absolute Gasteiger partial charge is 0.425 e. The summed E-state index contributed by atoms with van der Waals surface area (Å²) in [7, 11) is 0. The van der Waals surface area contributed by atoms with Crippen LogP contribution in [0, 0.1) is 5.82 Å². The van der Waals surface area contributed by atoms with Gasteiger partial charge in [-0.1, -0.05) is 41.4 Å². The van der Waals surface area contributed by atoms with Crippen LogP contribution in [0.25, 0.3) is 0 Å². The van der Waals surface area contributed by atoms with Crippen molar-refractivity contribution in [3.05, 3.63) is 58.3 Å². The van der Waals surface area contributed by atoms with Crippen LogP contribution in [-0.4, -0.2) is 11.9 Å². The SMILES string of the molecule is O=C(CCCC(=O)Oc1c(F)cccc1Cl)Oc1ccccc1Cl. The van der Waals surface area contributed by atoms with Gasteiger partial charge in [0.1, 0.15) is 5.75 Å². The number of halogens is 3. The van der Waals surface area contributed by atoms with E-state index in [1.807, 2.05) is 0 Å². The van der Waals surface area contributed by atoms with Crippen LogP contribution in [0.1, 0.15) is 19.3 Å². The molecule has 0 fully saturated rings. The van der Waals surface area contributed by atoms with Crippen LogP contribution in [-0.2, 0) is 9.59 Å². The molecule has 0 saturated heterocycles. The van der Waals surface area contributed by atoms with E-state index in [9.17, 15) is 14.0 Å². The highest BCUT2D eigenvalue weighted by Gasteiger charge is 2.14. The van der Waals surface area contributed by atoms with Gasteiger partial charge in [-0.05, 0) is 30.7 Å². The number of carbonyl (C=O) groups excluding carboxylic acids is 2. The number of hydrogen-bond acceptors (Lipinski definition) is 4. The predicted octanol–water partition coefficient (Wildman–Crippen LogP) is 4.81. The molecule has 0 N–H and O–H groups in total. The van der Waals surface area contributed by atoms with Gasteiger partial charge < -0.3 is 9.47 Å². The van der Waals surface area contributed by atoms with Crippen molar-refractivity contribution in [1.82, 2.24) is 0 Å². The Labute approximate surface area is 148 Å². The van der Waals surface area contributed by atoms with Crippen molar-refractivity contribution in [2.24, 2.45) is 0 Å². The summed E-state index contributed by atoms with van der Waals surface area (Å²) in [6, 6.07) is 10.5. The first-order valence-corrected chi connectivity index (χ1v) is 7.83. The van der Waals surface area contributed by atoms with Gasteiger partial charge in [0.05, 0.1) is 10.0 Å². The van der Waals surface area contributed by atoms with Gasteiger partial charge in [0, 0.05) is 12.8 Å². The molecule has 4 nitrogen and oxygen atoms in total. The van der Waals surface area contributed by atoms with Crippen LogP contribution in [0.15, 0.2) is 42.5 Å². The second-order valence-corrected chi connectivity index (χ2v) is 5.60. The van der Waals surface area contributed by atoms with E-state index < -0.39 is 17.8 Å². The number of hydrogen-bond donors (Lipinski definition) is 0. The topological polar surface area (TPSA) is 52.6 Å². The summed E-state index contributed by atoms with van der Waals surface area (Å²) < 4.78 is 23.4. The van der Waals surface area contributed by atoms with Crippen LogP contribution in [0.2, 0.25) is 10.0 Å². The molecule has 7 heteroatoms. The summed E-state index contributed by atoms with van der Waals surface area (Å²) in [4.78, 5) is 23.4. The standard InChI is InChI=1S/C17H13Cl2FO4/c18-11-5-1-2-8-14(11)23-15(21)9-4-10-16(22)24-17-12(19)6-3-7-13(17)20/h1-3,5-8H,4,9-10H2. The van der Waals surface area contributed by atoms with Crippen LogP contribution in [0.3, 0.4) is 0 Å². The maximum Gasteiger partial charge on any atom is 0.311 e. The van der Waals surface area contributed by atoms with Crippen LogP contribution in [0.4, 0.5) is 4.39 Å². The van der Waals surface area contributed by atoms with Gasteiger partial charge in [-0.3, -0.25) is 9.59 Å². The Morgan fingerprint density at radius 1 is 0.875 bits per heavy atom. The molecule has 0 saturated carbocycles. The molecule has 0 atom stereocenters. The zero-order valence-electron chi connectivity index (χ0n) is 12.4. The van der Waals surface area contributed by atoms with E-state index in [2.05, 4.69) is 0 Å². The average Bonchev–Trinajstić information content (AvgIpc) is 2.53. The first-order valence-electron chi connectivity index (χ1n) is 7.07. The summed E-state index contributed by atoms with van der Waals surface area (Å²) in [5.74, 6) is -2.01. The molecule has 0 spiro atoms. The summed E-state index contributed by atoms with van der Waals surface area (Å²) in [5.41, 5.74) is 0. The second-order valence-electron chi connectivity index (χ2n) is 4.78. The van der Waals surface area contributed by atoms with E-state index >= 15 is 0 Å². The molecular formula is C17H13Cl2FO4. The molecule has 2 aromatic carbocycles. The lowest BCUT2D eigenvalue weighted by Crippen LogP contribution is -2.12. The van der Waals surface area contributed by atoms with Crippen LogP contribution >= 0.6 is 23.2 Å². The third-order valence-electron chi connectivity index (χ3n) is 2.96. The normalized spacial score (nSPS) is 10.3. The van der Waals surface area contributed by atoms with Crippen molar-refractivity contribution in [2.45, 2.75) is 19.3 Å². The van der Waals surface area contributed by atoms with Gasteiger partial charge in [0.25, 0.3) is 0 Å². The van der Waals surface area contributed by atoms with Gasteiger partial charge in [-0.25, -0.2) is 4.39 Å². The fraction of sp³-hybridized carbons (Fsp3) is 0.176. The molecule has 0 bridgehead atoms. The third-order valence-corrected chi connectivity index (χ3v) is 3.57. The summed E-state index contributed by atoms with van der Waals surface area (Å²) in [6.07, 6.45) is 0.0990. The quantitative estimate of drug-likeness (QED) is 0.540.